The van der Waals surface area contributed by atoms with Gasteiger partial charge in [0.05, 0.1) is 24.0 Å². The average molecular weight is 493 g/mol. The van der Waals surface area contributed by atoms with E-state index < -0.39 is 29.8 Å². The van der Waals surface area contributed by atoms with Crippen molar-refractivity contribution in [3.05, 3.63) is 59.3 Å². The van der Waals surface area contributed by atoms with Crippen molar-refractivity contribution in [1.82, 2.24) is 20.5 Å². The molecule has 0 bridgehead atoms. The zero-order valence-corrected chi connectivity index (χ0v) is 19.1. The number of carbonyl (C=O) groups is 2. The molecular formula is C23H26F3N5O4. The zero-order valence-electron chi connectivity index (χ0n) is 19.1. The van der Waals surface area contributed by atoms with E-state index in [4.69, 9.17) is 9.15 Å². The molecular weight excluding hydrogens is 467 g/mol. The number of urea groups is 1. The van der Waals surface area contributed by atoms with Crippen LogP contribution in [-0.2, 0) is 15.7 Å². The normalized spacial score (nSPS) is 19.7. The second-order valence-electron chi connectivity index (χ2n) is 8.18. The van der Waals surface area contributed by atoms with Gasteiger partial charge in [0.2, 0.25) is 0 Å². The van der Waals surface area contributed by atoms with Gasteiger partial charge >= 0.3 is 18.2 Å². The summed E-state index contributed by atoms with van der Waals surface area (Å²) in [6.07, 6.45) is -1.41. The van der Waals surface area contributed by atoms with Crippen LogP contribution in [0.25, 0.3) is 0 Å². The standard InChI is InChI=1S/C23H26F3N5O4/c1-2-34-21(32)19-16(28-22(33)29-20(19)17-5-3-12-35-17)14-30-8-4-9-31(11-10-30)18-7-6-15(13-27-18)23(24,25)26/h3,5-7,12-13,20H,2,4,8-11,14H2,1H3,(H2,28,29,33). The van der Waals surface area contributed by atoms with Crippen LogP contribution in [0.1, 0.15) is 30.7 Å². The van der Waals surface area contributed by atoms with Crippen molar-refractivity contribution >= 4 is 17.8 Å². The van der Waals surface area contributed by atoms with E-state index in [0.717, 1.165) is 18.7 Å². The van der Waals surface area contributed by atoms with E-state index in [2.05, 4.69) is 20.5 Å². The number of ether oxygens (including phenoxy) is 1. The smallest absolute Gasteiger partial charge is 0.417 e. The molecule has 1 fully saturated rings. The predicted octanol–water partition coefficient (Wildman–Crippen LogP) is 3.08. The third-order valence-corrected chi connectivity index (χ3v) is 5.85. The molecule has 12 heteroatoms. The van der Waals surface area contributed by atoms with Gasteiger partial charge in [-0.1, -0.05) is 0 Å². The first-order chi connectivity index (χ1) is 16.8. The second kappa shape index (κ2) is 10.4. The number of pyridine rings is 1. The number of hydrogen-bond donors (Lipinski definition) is 2. The molecule has 2 aliphatic heterocycles. The van der Waals surface area contributed by atoms with Crippen LogP contribution in [-0.4, -0.2) is 61.2 Å². The third-order valence-electron chi connectivity index (χ3n) is 5.85. The lowest BCUT2D eigenvalue weighted by Crippen LogP contribution is -2.48. The number of anilines is 1. The summed E-state index contributed by atoms with van der Waals surface area (Å²) in [5.41, 5.74) is -0.0921. The summed E-state index contributed by atoms with van der Waals surface area (Å²) < 4.78 is 49.2. The fraction of sp³-hybridized carbons (Fsp3) is 0.435. The van der Waals surface area contributed by atoms with E-state index in [-0.39, 0.29) is 18.7 Å². The molecule has 188 valence electrons. The Bertz CT molecular complexity index is 1070. The van der Waals surface area contributed by atoms with Gasteiger partial charge in [0.1, 0.15) is 17.6 Å². The molecule has 2 aromatic rings. The van der Waals surface area contributed by atoms with Gasteiger partial charge in [-0.15, -0.1) is 0 Å². The van der Waals surface area contributed by atoms with Crippen LogP contribution >= 0.6 is 0 Å². The summed E-state index contributed by atoms with van der Waals surface area (Å²) in [6.45, 7) is 4.51. The summed E-state index contributed by atoms with van der Waals surface area (Å²) in [6, 6.07) is 4.51. The van der Waals surface area contributed by atoms with Crippen LogP contribution in [0.4, 0.5) is 23.8 Å². The molecule has 0 aliphatic carbocycles. The fourth-order valence-electron chi connectivity index (χ4n) is 4.18. The van der Waals surface area contributed by atoms with Gasteiger partial charge in [-0.3, -0.25) is 4.90 Å². The minimum atomic E-state index is -4.43. The maximum Gasteiger partial charge on any atom is 0.417 e. The second-order valence-corrected chi connectivity index (χ2v) is 8.18. The minimum absolute atomic E-state index is 0.174. The summed E-state index contributed by atoms with van der Waals surface area (Å²) in [4.78, 5) is 33.2. The first kappa shape index (κ1) is 24.6. The molecule has 1 unspecified atom stereocenters. The number of aromatic nitrogens is 1. The topological polar surface area (TPSA) is 99.9 Å². The number of alkyl halides is 3. The highest BCUT2D eigenvalue weighted by atomic mass is 19.4. The quantitative estimate of drug-likeness (QED) is 0.597. The highest BCUT2D eigenvalue weighted by Gasteiger charge is 2.36. The summed E-state index contributed by atoms with van der Waals surface area (Å²) in [5.74, 6) is 0.331. The fourth-order valence-corrected chi connectivity index (χ4v) is 4.18. The zero-order chi connectivity index (χ0) is 25.0. The van der Waals surface area contributed by atoms with E-state index in [1.807, 2.05) is 4.90 Å². The first-order valence-corrected chi connectivity index (χ1v) is 11.3. The molecule has 0 spiro atoms. The van der Waals surface area contributed by atoms with Gasteiger partial charge in [0.25, 0.3) is 0 Å². The minimum Gasteiger partial charge on any atom is -0.467 e. The summed E-state index contributed by atoms with van der Waals surface area (Å²) in [5, 5.41) is 5.46. The number of furan rings is 1. The highest BCUT2D eigenvalue weighted by Crippen LogP contribution is 2.30. The number of esters is 1. The predicted molar refractivity (Wildman–Crippen MR) is 119 cm³/mol. The molecule has 0 radical (unpaired) electrons. The Kier molecular flexibility index (Phi) is 7.29. The SMILES string of the molecule is CCOC(=O)C1=C(CN2CCCN(c3ccc(C(F)(F)F)cn3)CC2)NC(=O)NC1c1ccco1. The molecule has 2 N–H and O–H groups in total. The van der Waals surface area contributed by atoms with Crippen LogP contribution in [0.15, 0.2) is 52.4 Å². The van der Waals surface area contributed by atoms with Gasteiger partial charge in [-0.2, -0.15) is 13.2 Å². The third kappa shape index (κ3) is 5.76. The van der Waals surface area contributed by atoms with Crippen molar-refractivity contribution in [1.29, 1.82) is 0 Å². The lowest BCUT2D eigenvalue weighted by atomic mass is 10.00. The number of carbonyl (C=O) groups excluding carboxylic acids is 2. The molecule has 0 aromatic carbocycles. The molecule has 2 aromatic heterocycles. The Hall–Kier alpha value is -3.54. The van der Waals surface area contributed by atoms with Crippen molar-refractivity contribution < 1.29 is 31.9 Å². The number of hydrogen-bond acceptors (Lipinski definition) is 7. The van der Waals surface area contributed by atoms with Crippen molar-refractivity contribution in [2.75, 3.05) is 44.2 Å². The molecule has 1 atom stereocenters. The number of halogens is 3. The van der Waals surface area contributed by atoms with Crippen molar-refractivity contribution in [2.45, 2.75) is 25.6 Å². The van der Waals surface area contributed by atoms with Crippen molar-refractivity contribution in [2.24, 2.45) is 0 Å². The van der Waals surface area contributed by atoms with Crippen molar-refractivity contribution in [3.8, 4) is 0 Å². The van der Waals surface area contributed by atoms with Gasteiger partial charge in [0.15, 0.2) is 0 Å². The molecule has 35 heavy (non-hydrogen) atoms. The van der Waals surface area contributed by atoms with Gasteiger partial charge in [-0.05, 0) is 37.6 Å². The molecule has 9 nitrogen and oxygen atoms in total. The molecule has 1 saturated heterocycles. The van der Waals surface area contributed by atoms with Crippen molar-refractivity contribution in [3.63, 3.8) is 0 Å². The van der Waals surface area contributed by atoms with Crippen LogP contribution in [0, 0.1) is 0 Å². The van der Waals surface area contributed by atoms with E-state index in [9.17, 15) is 22.8 Å². The molecule has 2 aliphatic rings. The van der Waals surface area contributed by atoms with E-state index >= 15 is 0 Å². The molecule has 2 amide bonds. The maximum absolute atomic E-state index is 12.8. The first-order valence-electron chi connectivity index (χ1n) is 11.3. The summed E-state index contributed by atoms with van der Waals surface area (Å²) in [7, 11) is 0. The lowest BCUT2D eigenvalue weighted by molar-refractivity contribution is -0.139. The van der Waals surface area contributed by atoms with Gasteiger partial charge in [0, 0.05) is 44.6 Å². The Morgan fingerprint density at radius 2 is 2.06 bits per heavy atom. The highest BCUT2D eigenvalue weighted by molar-refractivity contribution is 5.95. The lowest BCUT2D eigenvalue weighted by Gasteiger charge is -2.30. The average Bonchev–Trinajstić information content (AvgIpc) is 3.25. The molecule has 4 rings (SSSR count). The number of nitrogens with one attached hydrogen (secondary N) is 2. The van der Waals surface area contributed by atoms with Crippen LogP contribution < -0.4 is 15.5 Å². The largest absolute Gasteiger partial charge is 0.467 e. The molecule has 0 saturated carbocycles. The van der Waals surface area contributed by atoms with E-state index in [0.29, 0.717) is 43.5 Å². The van der Waals surface area contributed by atoms with Gasteiger partial charge in [-0.25, -0.2) is 14.6 Å². The maximum atomic E-state index is 12.8. The van der Waals surface area contributed by atoms with Crippen LogP contribution in [0.3, 0.4) is 0 Å². The Labute approximate surface area is 199 Å². The van der Waals surface area contributed by atoms with E-state index in [1.54, 1.807) is 19.1 Å². The van der Waals surface area contributed by atoms with Gasteiger partial charge < -0.3 is 24.7 Å². The van der Waals surface area contributed by atoms with E-state index in [1.165, 1.54) is 12.3 Å². The number of amides is 2. The van der Waals surface area contributed by atoms with Crippen LogP contribution in [0.5, 0.6) is 0 Å². The number of rotatable bonds is 6. The van der Waals surface area contributed by atoms with Crippen LogP contribution in [0.2, 0.25) is 0 Å². The number of nitrogens with zero attached hydrogens (tertiary/aromatic N) is 3. The summed E-state index contributed by atoms with van der Waals surface area (Å²) >= 11 is 0. The Morgan fingerprint density at radius 1 is 1.23 bits per heavy atom. The monoisotopic (exact) mass is 493 g/mol. The Morgan fingerprint density at radius 3 is 2.71 bits per heavy atom. The molecule has 4 heterocycles. The Balaban J connectivity index is 1.51.